The Morgan fingerprint density at radius 3 is 2.79 bits per heavy atom. The zero-order valence-electron chi connectivity index (χ0n) is 17.0. The second-order valence-corrected chi connectivity index (χ2v) is 8.39. The molecule has 156 valence electrons. The number of aromatic nitrogens is 3. The van der Waals surface area contributed by atoms with Crippen molar-refractivity contribution in [1.29, 1.82) is 0 Å². The molecule has 1 aromatic carbocycles. The third-order valence-corrected chi connectivity index (χ3v) is 5.87. The molecule has 9 heteroatoms. The van der Waals surface area contributed by atoms with Crippen LogP contribution in [0.25, 0.3) is 0 Å². The number of fused-ring (bicyclic) bond motifs is 1. The van der Waals surface area contributed by atoms with Gasteiger partial charge >= 0.3 is 5.97 Å². The molecule has 0 amide bonds. The molecule has 0 saturated heterocycles. The molecule has 0 bridgehead atoms. The van der Waals surface area contributed by atoms with Gasteiger partial charge in [-0.3, -0.25) is 0 Å². The molecule has 1 aliphatic rings. The van der Waals surface area contributed by atoms with Gasteiger partial charge in [0.2, 0.25) is 11.1 Å². The number of allylic oxidation sites excluding steroid dienone is 1. The van der Waals surface area contributed by atoms with Gasteiger partial charge in [0.15, 0.2) is 0 Å². The summed E-state index contributed by atoms with van der Waals surface area (Å²) >= 11 is 5.14. The smallest absolute Gasteiger partial charge is 0.338 e. The minimum Gasteiger partial charge on any atom is -0.494 e. The van der Waals surface area contributed by atoms with Gasteiger partial charge in [-0.2, -0.15) is 4.98 Å². The molecule has 0 fully saturated rings. The molecular formula is C20H25BrN4O3S. The number of carbonyl (C=O) groups is 1. The van der Waals surface area contributed by atoms with Gasteiger partial charge in [0.25, 0.3) is 0 Å². The van der Waals surface area contributed by atoms with Crippen molar-refractivity contribution in [3.05, 3.63) is 39.5 Å². The van der Waals surface area contributed by atoms with E-state index in [4.69, 9.17) is 14.6 Å². The summed E-state index contributed by atoms with van der Waals surface area (Å²) < 4.78 is 13.9. The number of benzene rings is 1. The van der Waals surface area contributed by atoms with E-state index in [1.165, 1.54) is 0 Å². The topological polar surface area (TPSA) is 78.3 Å². The number of rotatable bonds is 8. The normalized spacial score (nSPS) is 15.7. The van der Waals surface area contributed by atoms with Crippen molar-refractivity contribution in [1.82, 2.24) is 14.8 Å². The molecule has 0 radical (unpaired) electrons. The SMILES string of the molecule is CCCSc1nc2n(n1)C(c1cc(Br)ccc1OCC)C(C(=O)OCC)=C(C)N2. The van der Waals surface area contributed by atoms with Gasteiger partial charge in [0, 0.05) is 21.5 Å². The van der Waals surface area contributed by atoms with Crippen LogP contribution in [0.15, 0.2) is 39.1 Å². The van der Waals surface area contributed by atoms with E-state index in [1.54, 1.807) is 23.4 Å². The van der Waals surface area contributed by atoms with Crippen molar-refractivity contribution in [2.45, 2.75) is 45.3 Å². The number of anilines is 1. The average Bonchev–Trinajstić information content (AvgIpc) is 3.09. The second-order valence-electron chi connectivity index (χ2n) is 6.41. The Labute approximate surface area is 183 Å². The predicted octanol–water partition coefficient (Wildman–Crippen LogP) is 4.79. The molecule has 0 aliphatic carbocycles. The van der Waals surface area contributed by atoms with Gasteiger partial charge in [-0.05, 0) is 45.4 Å². The van der Waals surface area contributed by atoms with E-state index in [2.05, 4.69) is 33.2 Å². The number of esters is 1. The van der Waals surface area contributed by atoms with Crippen molar-refractivity contribution >= 4 is 39.6 Å². The quantitative estimate of drug-likeness (QED) is 0.429. The molecule has 7 nitrogen and oxygen atoms in total. The average molecular weight is 481 g/mol. The van der Waals surface area contributed by atoms with Gasteiger partial charge in [-0.25, -0.2) is 9.48 Å². The summed E-state index contributed by atoms with van der Waals surface area (Å²) in [4.78, 5) is 17.5. The maximum atomic E-state index is 12.9. The highest BCUT2D eigenvalue weighted by Gasteiger charge is 2.37. The largest absolute Gasteiger partial charge is 0.494 e. The van der Waals surface area contributed by atoms with Gasteiger partial charge in [-0.15, -0.1) is 5.10 Å². The Kier molecular flexibility index (Phi) is 7.23. The third-order valence-electron chi connectivity index (χ3n) is 4.33. The molecule has 2 aromatic rings. The zero-order chi connectivity index (χ0) is 21.0. The fourth-order valence-corrected chi connectivity index (χ4v) is 4.23. The summed E-state index contributed by atoms with van der Waals surface area (Å²) in [5.74, 6) is 1.84. The number of ether oxygens (including phenoxy) is 2. The molecular weight excluding hydrogens is 456 g/mol. The van der Waals surface area contributed by atoms with Crippen LogP contribution in [0.3, 0.4) is 0 Å². The summed E-state index contributed by atoms with van der Waals surface area (Å²) in [6.45, 7) is 8.51. The highest BCUT2D eigenvalue weighted by molar-refractivity contribution is 9.10. The first-order chi connectivity index (χ1) is 14.0. The number of halogens is 1. The molecule has 1 N–H and O–H groups in total. The number of hydrogen-bond donors (Lipinski definition) is 1. The predicted molar refractivity (Wildman–Crippen MR) is 117 cm³/mol. The van der Waals surface area contributed by atoms with E-state index in [0.717, 1.165) is 22.2 Å². The minimum atomic E-state index is -0.507. The van der Waals surface area contributed by atoms with Gasteiger partial charge in [0.05, 0.1) is 18.8 Å². The first-order valence-electron chi connectivity index (χ1n) is 9.66. The van der Waals surface area contributed by atoms with Crippen LogP contribution in [0.5, 0.6) is 5.75 Å². The monoisotopic (exact) mass is 480 g/mol. The van der Waals surface area contributed by atoms with Crippen LogP contribution in [-0.2, 0) is 9.53 Å². The number of nitrogens with zero attached hydrogens (tertiary/aromatic N) is 3. The van der Waals surface area contributed by atoms with E-state index in [-0.39, 0.29) is 5.97 Å². The number of carbonyl (C=O) groups excluding carboxylic acids is 1. The van der Waals surface area contributed by atoms with E-state index in [1.807, 2.05) is 32.0 Å². The fraction of sp³-hybridized carbons (Fsp3) is 0.450. The van der Waals surface area contributed by atoms with Crippen LogP contribution in [0.2, 0.25) is 0 Å². The Bertz CT molecular complexity index is 928. The lowest BCUT2D eigenvalue weighted by Gasteiger charge is -2.29. The van der Waals surface area contributed by atoms with E-state index in [0.29, 0.717) is 41.3 Å². The lowest BCUT2D eigenvalue weighted by Crippen LogP contribution is -2.30. The number of hydrogen-bond acceptors (Lipinski definition) is 7. The van der Waals surface area contributed by atoms with Gasteiger partial charge in [-0.1, -0.05) is 34.6 Å². The number of nitrogens with one attached hydrogen (secondary N) is 1. The molecule has 2 heterocycles. The molecule has 1 atom stereocenters. The second kappa shape index (κ2) is 9.67. The Hall–Kier alpha value is -2.00. The first-order valence-corrected chi connectivity index (χ1v) is 11.4. The van der Waals surface area contributed by atoms with Crippen LogP contribution < -0.4 is 10.1 Å². The van der Waals surface area contributed by atoms with E-state index >= 15 is 0 Å². The van der Waals surface area contributed by atoms with Crippen molar-refractivity contribution < 1.29 is 14.3 Å². The highest BCUT2D eigenvalue weighted by Crippen LogP contribution is 2.41. The molecule has 0 spiro atoms. The maximum absolute atomic E-state index is 12.9. The van der Waals surface area contributed by atoms with Gasteiger partial charge in [0.1, 0.15) is 11.8 Å². The minimum absolute atomic E-state index is 0.293. The Morgan fingerprint density at radius 2 is 2.10 bits per heavy atom. The zero-order valence-corrected chi connectivity index (χ0v) is 19.4. The summed E-state index contributed by atoms with van der Waals surface area (Å²) in [7, 11) is 0. The van der Waals surface area contributed by atoms with Gasteiger partial charge < -0.3 is 14.8 Å². The van der Waals surface area contributed by atoms with Crippen molar-refractivity contribution in [3.8, 4) is 5.75 Å². The molecule has 3 rings (SSSR count). The lowest BCUT2D eigenvalue weighted by molar-refractivity contribution is -0.139. The van der Waals surface area contributed by atoms with Crippen LogP contribution in [0.1, 0.15) is 45.7 Å². The highest BCUT2D eigenvalue weighted by atomic mass is 79.9. The first kappa shape index (κ1) is 21.7. The summed E-state index contributed by atoms with van der Waals surface area (Å²) in [5.41, 5.74) is 2.02. The van der Waals surface area contributed by atoms with Crippen molar-refractivity contribution in [3.63, 3.8) is 0 Å². The van der Waals surface area contributed by atoms with Crippen molar-refractivity contribution in [2.75, 3.05) is 24.3 Å². The van der Waals surface area contributed by atoms with Crippen LogP contribution in [0.4, 0.5) is 5.95 Å². The summed E-state index contributed by atoms with van der Waals surface area (Å²) in [6, 6.07) is 5.26. The van der Waals surface area contributed by atoms with Crippen LogP contribution in [0, 0.1) is 0 Å². The fourth-order valence-electron chi connectivity index (χ4n) is 3.17. The Balaban J connectivity index is 2.18. The van der Waals surface area contributed by atoms with Crippen LogP contribution in [-0.4, -0.2) is 39.7 Å². The third kappa shape index (κ3) is 4.61. The van der Waals surface area contributed by atoms with Crippen molar-refractivity contribution in [2.24, 2.45) is 0 Å². The van der Waals surface area contributed by atoms with Crippen LogP contribution >= 0.6 is 27.7 Å². The molecule has 0 saturated carbocycles. The summed E-state index contributed by atoms with van der Waals surface area (Å²) in [5, 5.41) is 8.58. The maximum Gasteiger partial charge on any atom is 0.338 e. The molecule has 1 aromatic heterocycles. The van der Waals surface area contributed by atoms with E-state index in [9.17, 15) is 4.79 Å². The summed E-state index contributed by atoms with van der Waals surface area (Å²) in [6.07, 6.45) is 1.02. The lowest BCUT2D eigenvalue weighted by atomic mass is 9.95. The standard InChI is InChI=1S/C20H25BrN4O3S/c1-5-10-29-20-23-19-22-12(4)16(18(26)28-7-3)17(25(19)24-20)14-11-13(21)8-9-15(14)27-6-2/h8-9,11,17H,5-7,10H2,1-4H3,(H,22,23,24). The Morgan fingerprint density at radius 1 is 1.31 bits per heavy atom. The van der Waals surface area contributed by atoms with E-state index < -0.39 is 6.04 Å². The molecule has 29 heavy (non-hydrogen) atoms. The molecule has 1 unspecified atom stereocenters. The molecule has 1 aliphatic heterocycles. The number of thioether (sulfide) groups is 1.